The fourth-order valence-electron chi connectivity index (χ4n) is 2.70. The van der Waals surface area contributed by atoms with E-state index in [1.165, 1.54) is 11.1 Å². The Morgan fingerprint density at radius 2 is 2.05 bits per heavy atom. The van der Waals surface area contributed by atoms with E-state index in [9.17, 15) is 4.79 Å². The van der Waals surface area contributed by atoms with Gasteiger partial charge in [-0.1, -0.05) is 43.7 Å². The maximum absolute atomic E-state index is 12.2. The predicted octanol–water partition coefficient (Wildman–Crippen LogP) is 2.39. The van der Waals surface area contributed by atoms with E-state index in [1.807, 2.05) is 0 Å². The summed E-state index contributed by atoms with van der Waals surface area (Å²) < 4.78 is 0. The Kier molecular flexibility index (Phi) is 4.81. The second-order valence-corrected chi connectivity index (χ2v) is 6.50. The molecule has 1 fully saturated rings. The first-order chi connectivity index (χ1) is 9.49. The van der Waals surface area contributed by atoms with Gasteiger partial charge in [-0.15, -0.1) is 0 Å². The van der Waals surface area contributed by atoms with Crippen LogP contribution in [0.15, 0.2) is 24.3 Å². The number of hydrogen-bond acceptors (Lipinski definition) is 2. The zero-order valence-corrected chi connectivity index (χ0v) is 12.8. The van der Waals surface area contributed by atoms with Crippen molar-refractivity contribution in [2.45, 2.75) is 39.0 Å². The molecule has 0 bridgehead atoms. The summed E-state index contributed by atoms with van der Waals surface area (Å²) in [4.78, 5) is 12.2. The van der Waals surface area contributed by atoms with Crippen molar-refractivity contribution >= 4 is 5.91 Å². The Morgan fingerprint density at radius 3 is 2.70 bits per heavy atom. The van der Waals surface area contributed by atoms with Crippen LogP contribution >= 0.6 is 0 Å². The fourth-order valence-corrected chi connectivity index (χ4v) is 2.70. The van der Waals surface area contributed by atoms with Crippen molar-refractivity contribution in [3.05, 3.63) is 35.4 Å². The number of amides is 1. The van der Waals surface area contributed by atoms with Gasteiger partial charge in [-0.2, -0.15) is 0 Å². The van der Waals surface area contributed by atoms with E-state index in [1.54, 1.807) is 0 Å². The van der Waals surface area contributed by atoms with E-state index in [2.05, 4.69) is 55.7 Å². The first-order valence-electron chi connectivity index (χ1n) is 7.54. The number of aryl methyl sites for hydroxylation is 1. The molecule has 0 saturated carbocycles. The minimum absolute atomic E-state index is 0.0331. The molecule has 1 aliphatic rings. The van der Waals surface area contributed by atoms with Crippen molar-refractivity contribution in [3.63, 3.8) is 0 Å². The summed E-state index contributed by atoms with van der Waals surface area (Å²) in [5.74, 6) is 0.400. The Bertz CT molecular complexity index is 462. The first kappa shape index (κ1) is 15.0. The normalized spacial score (nSPS) is 16.9. The van der Waals surface area contributed by atoms with E-state index in [0.29, 0.717) is 6.54 Å². The van der Waals surface area contributed by atoms with Crippen LogP contribution in [0.4, 0.5) is 0 Å². The molecule has 2 N–H and O–H groups in total. The summed E-state index contributed by atoms with van der Waals surface area (Å²) >= 11 is 0. The summed E-state index contributed by atoms with van der Waals surface area (Å²) in [5.41, 5.74) is 2.51. The molecule has 0 aliphatic carbocycles. The molecule has 1 amide bonds. The smallest absolute Gasteiger partial charge is 0.223 e. The van der Waals surface area contributed by atoms with Gasteiger partial charge in [-0.25, -0.2) is 0 Å². The molecule has 1 heterocycles. The Balaban J connectivity index is 1.93. The van der Waals surface area contributed by atoms with Gasteiger partial charge in [0.1, 0.15) is 0 Å². The Labute approximate surface area is 122 Å². The van der Waals surface area contributed by atoms with Crippen LogP contribution in [-0.4, -0.2) is 25.5 Å². The molecule has 0 unspecified atom stereocenters. The summed E-state index contributed by atoms with van der Waals surface area (Å²) in [7, 11) is 0. The Morgan fingerprint density at radius 1 is 1.35 bits per heavy atom. The van der Waals surface area contributed by atoms with Crippen LogP contribution in [0.25, 0.3) is 0 Å². The van der Waals surface area contributed by atoms with Crippen molar-refractivity contribution < 1.29 is 4.79 Å². The molecule has 1 aromatic rings. The van der Waals surface area contributed by atoms with Crippen molar-refractivity contribution in [2.24, 2.45) is 5.92 Å². The van der Waals surface area contributed by atoms with Crippen molar-refractivity contribution in [1.82, 2.24) is 10.6 Å². The molecule has 1 aliphatic heterocycles. The molecule has 20 heavy (non-hydrogen) atoms. The van der Waals surface area contributed by atoms with Gasteiger partial charge in [0, 0.05) is 17.9 Å². The van der Waals surface area contributed by atoms with Gasteiger partial charge in [0.25, 0.3) is 0 Å². The zero-order chi connectivity index (χ0) is 14.6. The highest BCUT2D eigenvalue weighted by atomic mass is 16.1. The minimum Gasteiger partial charge on any atom is -0.355 e. The molecule has 1 aromatic carbocycles. The number of rotatable bonds is 4. The highest BCUT2D eigenvalue weighted by molar-refractivity contribution is 5.78. The molecule has 3 heteroatoms. The number of carbonyl (C=O) groups is 1. The zero-order valence-electron chi connectivity index (χ0n) is 12.8. The molecule has 0 spiro atoms. The standard InChI is InChI=1S/C17H26N2O/c1-13-5-4-6-15(11-13)17(2,3)12-19-16(20)14-7-9-18-10-8-14/h4-6,11,14,18H,7-10,12H2,1-3H3,(H,19,20). The van der Waals surface area contributed by atoms with Gasteiger partial charge in [0.2, 0.25) is 5.91 Å². The molecule has 110 valence electrons. The van der Waals surface area contributed by atoms with Gasteiger partial charge < -0.3 is 10.6 Å². The van der Waals surface area contributed by atoms with Crippen LogP contribution in [0.1, 0.15) is 37.8 Å². The molecule has 0 aromatic heterocycles. The van der Waals surface area contributed by atoms with E-state index < -0.39 is 0 Å². The van der Waals surface area contributed by atoms with Gasteiger partial charge >= 0.3 is 0 Å². The van der Waals surface area contributed by atoms with E-state index >= 15 is 0 Å². The lowest BCUT2D eigenvalue weighted by Crippen LogP contribution is -2.42. The van der Waals surface area contributed by atoms with Gasteiger partial charge in [-0.3, -0.25) is 4.79 Å². The highest BCUT2D eigenvalue weighted by Gasteiger charge is 2.25. The number of benzene rings is 1. The van der Waals surface area contributed by atoms with Crippen LogP contribution in [0.3, 0.4) is 0 Å². The van der Waals surface area contributed by atoms with E-state index in [-0.39, 0.29) is 17.2 Å². The Hall–Kier alpha value is -1.35. The summed E-state index contributed by atoms with van der Waals surface area (Å²) in [6.45, 7) is 9.08. The lowest BCUT2D eigenvalue weighted by Gasteiger charge is -2.28. The monoisotopic (exact) mass is 274 g/mol. The summed E-state index contributed by atoms with van der Waals surface area (Å²) in [5, 5.41) is 6.44. The second-order valence-electron chi connectivity index (χ2n) is 6.50. The van der Waals surface area contributed by atoms with E-state index in [4.69, 9.17) is 0 Å². The van der Waals surface area contributed by atoms with Gasteiger partial charge in [-0.05, 0) is 38.4 Å². The first-order valence-corrected chi connectivity index (χ1v) is 7.54. The minimum atomic E-state index is -0.0331. The van der Waals surface area contributed by atoms with Crippen LogP contribution < -0.4 is 10.6 Å². The van der Waals surface area contributed by atoms with Gasteiger partial charge in [0.15, 0.2) is 0 Å². The number of piperidine rings is 1. The fraction of sp³-hybridized carbons (Fsp3) is 0.588. The lowest BCUT2D eigenvalue weighted by molar-refractivity contribution is -0.125. The predicted molar refractivity (Wildman–Crippen MR) is 82.8 cm³/mol. The topological polar surface area (TPSA) is 41.1 Å². The number of hydrogen-bond donors (Lipinski definition) is 2. The van der Waals surface area contributed by atoms with Crippen LogP contribution in [0, 0.1) is 12.8 Å². The van der Waals surface area contributed by atoms with Crippen molar-refractivity contribution in [3.8, 4) is 0 Å². The van der Waals surface area contributed by atoms with Gasteiger partial charge in [0.05, 0.1) is 0 Å². The lowest BCUT2D eigenvalue weighted by atomic mass is 9.83. The maximum Gasteiger partial charge on any atom is 0.223 e. The average molecular weight is 274 g/mol. The van der Waals surface area contributed by atoms with E-state index in [0.717, 1.165) is 25.9 Å². The summed E-state index contributed by atoms with van der Waals surface area (Å²) in [6.07, 6.45) is 1.91. The third-order valence-electron chi connectivity index (χ3n) is 4.21. The average Bonchev–Trinajstić information content (AvgIpc) is 2.46. The molecule has 3 nitrogen and oxygen atoms in total. The van der Waals surface area contributed by atoms with Crippen molar-refractivity contribution in [2.75, 3.05) is 19.6 Å². The highest BCUT2D eigenvalue weighted by Crippen LogP contribution is 2.23. The van der Waals surface area contributed by atoms with Crippen LogP contribution in [0.5, 0.6) is 0 Å². The maximum atomic E-state index is 12.2. The largest absolute Gasteiger partial charge is 0.355 e. The molecular weight excluding hydrogens is 248 g/mol. The van der Waals surface area contributed by atoms with Crippen molar-refractivity contribution in [1.29, 1.82) is 0 Å². The molecular formula is C17H26N2O. The SMILES string of the molecule is Cc1cccc(C(C)(C)CNC(=O)C2CCNCC2)c1. The molecule has 2 rings (SSSR count). The number of carbonyl (C=O) groups excluding carboxylic acids is 1. The quantitative estimate of drug-likeness (QED) is 0.885. The van der Waals surface area contributed by atoms with Crippen LogP contribution in [-0.2, 0) is 10.2 Å². The molecule has 0 radical (unpaired) electrons. The number of nitrogens with one attached hydrogen (secondary N) is 2. The molecule has 1 saturated heterocycles. The third kappa shape index (κ3) is 3.83. The molecule has 0 atom stereocenters. The third-order valence-corrected chi connectivity index (χ3v) is 4.21. The second kappa shape index (κ2) is 6.40. The summed E-state index contributed by atoms with van der Waals surface area (Å²) in [6, 6.07) is 8.54. The van der Waals surface area contributed by atoms with Crippen LogP contribution in [0.2, 0.25) is 0 Å².